The molecule has 1 heterocycles. The summed E-state index contributed by atoms with van der Waals surface area (Å²) in [6.45, 7) is 6.37. The second-order valence-electron chi connectivity index (χ2n) is 7.36. The van der Waals surface area contributed by atoms with Crippen LogP contribution in [0.2, 0.25) is 0 Å². The number of rotatable bonds is 7. The van der Waals surface area contributed by atoms with Crippen LogP contribution >= 0.6 is 0 Å². The summed E-state index contributed by atoms with van der Waals surface area (Å²) in [7, 11) is 1.66. The summed E-state index contributed by atoms with van der Waals surface area (Å²) >= 11 is 0. The number of ether oxygens (including phenoxy) is 1. The maximum absolute atomic E-state index is 10.1. The lowest BCUT2D eigenvalue weighted by Gasteiger charge is -2.24. The number of hydrogen-bond acceptors (Lipinski definition) is 3. The van der Waals surface area contributed by atoms with Gasteiger partial charge in [0.2, 0.25) is 0 Å². The third-order valence-corrected chi connectivity index (χ3v) is 5.14. The van der Waals surface area contributed by atoms with Gasteiger partial charge in [0.25, 0.3) is 0 Å². The van der Waals surface area contributed by atoms with Crippen LogP contribution in [0.5, 0.6) is 5.75 Å². The lowest BCUT2D eigenvalue weighted by molar-refractivity contribution is 0.192. The SMILES string of the molecule is CCCC(C)(CO)c1cc(-c2ccc(C)cc2)n(-c2ccc(OC)cc2)n1. The molecule has 1 aromatic heterocycles. The van der Waals surface area contributed by atoms with Gasteiger partial charge in [-0.1, -0.05) is 50.1 Å². The van der Waals surface area contributed by atoms with Crippen molar-refractivity contribution in [1.82, 2.24) is 9.78 Å². The minimum atomic E-state index is -0.355. The smallest absolute Gasteiger partial charge is 0.119 e. The number of methoxy groups -OCH3 is 1. The van der Waals surface area contributed by atoms with E-state index in [1.807, 2.05) is 28.9 Å². The highest BCUT2D eigenvalue weighted by atomic mass is 16.5. The van der Waals surface area contributed by atoms with Crippen molar-refractivity contribution in [3.05, 3.63) is 65.9 Å². The predicted molar refractivity (Wildman–Crippen MR) is 110 cm³/mol. The van der Waals surface area contributed by atoms with E-state index in [9.17, 15) is 5.11 Å². The minimum absolute atomic E-state index is 0.0772. The Morgan fingerprint density at radius 2 is 1.74 bits per heavy atom. The van der Waals surface area contributed by atoms with Crippen molar-refractivity contribution in [2.24, 2.45) is 0 Å². The maximum Gasteiger partial charge on any atom is 0.119 e. The molecule has 142 valence electrons. The van der Waals surface area contributed by atoms with Crippen LogP contribution in [-0.2, 0) is 5.41 Å². The first-order valence-corrected chi connectivity index (χ1v) is 9.43. The Morgan fingerprint density at radius 1 is 1.07 bits per heavy atom. The first-order chi connectivity index (χ1) is 13.0. The van der Waals surface area contributed by atoms with Gasteiger partial charge in [-0.3, -0.25) is 0 Å². The molecule has 1 unspecified atom stereocenters. The first-order valence-electron chi connectivity index (χ1n) is 9.43. The second-order valence-corrected chi connectivity index (χ2v) is 7.36. The normalized spacial score (nSPS) is 13.4. The third kappa shape index (κ3) is 3.91. The van der Waals surface area contributed by atoms with E-state index in [4.69, 9.17) is 9.84 Å². The number of aromatic nitrogens is 2. The van der Waals surface area contributed by atoms with Crippen LogP contribution in [0.1, 0.15) is 37.9 Å². The van der Waals surface area contributed by atoms with E-state index < -0.39 is 0 Å². The molecule has 4 nitrogen and oxygen atoms in total. The van der Waals surface area contributed by atoms with Crippen LogP contribution < -0.4 is 4.74 Å². The van der Waals surface area contributed by atoms with Crippen molar-refractivity contribution in [2.75, 3.05) is 13.7 Å². The monoisotopic (exact) mass is 364 g/mol. The highest BCUT2D eigenvalue weighted by Gasteiger charge is 2.29. The zero-order valence-electron chi connectivity index (χ0n) is 16.6. The van der Waals surface area contributed by atoms with E-state index in [2.05, 4.69) is 51.1 Å². The standard InChI is InChI=1S/C23H28N2O2/c1-5-14-23(3,16-26)22-15-21(18-8-6-17(2)7-9-18)25(24-22)19-10-12-20(27-4)13-11-19/h6-13,15,26H,5,14,16H2,1-4H3. The van der Waals surface area contributed by atoms with E-state index in [-0.39, 0.29) is 12.0 Å². The highest BCUT2D eigenvalue weighted by Crippen LogP contribution is 2.33. The molecule has 1 atom stereocenters. The van der Waals surface area contributed by atoms with Crippen LogP contribution in [-0.4, -0.2) is 28.6 Å². The van der Waals surface area contributed by atoms with Gasteiger partial charge in [-0.15, -0.1) is 0 Å². The second kappa shape index (κ2) is 7.97. The van der Waals surface area contributed by atoms with Gasteiger partial charge in [0, 0.05) is 11.0 Å². The summed E-state index contributed by atoms with van der Waals surface area (Å²) in [5, 5.41) is 15.0. The summed E-state index contributed by atoms with van der Waals surface area (Å²) < 4.78 is 7.24. The van der Waals surface area contributed by atoms with Gasteiger partial charge in [0.15, 0.2) is 0 Å². The summed E-state index contributed by atoms with van der Waals surface area (Å²) in [4.78, 5) is 0. The topological polar surface area (TPSA) is 47.3 Å². The zero-order chi connectivity index (χ0) is 19.4. The van der Waals surface area contributed by atoms with Gasteiger partial charge < -0.3 is 9.84 Å². The average molecular weight is 364 g/mol. The van der Waals surface area contributed by atoms with Crippen LogP contribution in [0, 0.1) is 6.92 Å². The molecular formula is C23H28N2O2. The molecule has 0 saturated heterocycles. The lowest BCUT2D eigenvalue weighted by Crippen LogP contribution is -2.27. The van der Waals surface area contributed by atoms with Crippen LogP contribution in [0.3, 0.4) is 0 Å². The molecule has 0 amide bonds. The van der Waals surface area contributed by atoms with Crippen LogP contribution in [0.4, 0.5) is 0 Å². The number of aryl methyl sites for hydroxylation is 1. The van der Waals surface area contributed by atoms with Crippen molar-refractivity contribution in [1.29, 1.82) is 0 Å². The molecule has 0 fully saturated rings. The van der Waals surface area contributed by atoms with Gasteiger partial charge in [0.05, 0.1) is 30.8 Å². The van der Waals surface area contributed by atoms with Crippen LogP contribution in [0.15, 0.2) is 54.6 Å². The number of benzene rings is 2. The van der Waals surface area contributed by atoms with Gasteiger partial charge in [-0.05, 0) is 43.7 Å². The molecule has 0 aliphatic rings. The summed E-state index contributed by atoms with van der Waals surface area (Å²) in [6.07, 6.45) is 1.88. The maximum atomic E-state index is 10.1. The lowest BCUT2D eigenvalue weighted by atomic mass is 9.83. The Hall–Kier alpha value is -2.59. The Kier molecular flexibility index (Phi) is 5.66. The van der Waals surface area contributed by atoms with Crippen molar-refractivity contribution >= 4 is 0 Å². The summed E-state index contributed by atoms with van der Waals surface area (Å²) in [5.41, 5.74) is 4.87. The number of aliphatic hydroxyl groups excluding tert-OH is 1. The third-order valence-electron chi connectivity index (χ3n) is 5.14. The number of nitrogens with zero attached hydrogens (tertiary/aromatic N) is 2. The Balaban J connectivity index is 2.15. The van der Waals surface area contributed by atoms with Crippen molar-refractivity contribution < 1.29 is 9.84 Å². The predicted octanol–water partition coefficient (Wildman–Crippen LogP) is 4.91. The fourth-order valence-electron chi connectivity index (χ4n) is 3.37. The van der Waals surface area contributed by atoms with E-state index in [0.29, 0.717) is 0 Å². The molecule has 1 N–H and O–H groups in total. The fourth-order valence-corrected chi connectivity index (χ4v) is 3.37. The minimum Gasteiger partial charge on any atom is -0.497 e. The molecule has 0 spiro atoms. The molecule has 0 bridgehead atoms. The summed E-state index contributed by atoms with van der Waals surface area (Å²) in [5.74, 6) is 0.814. The van der Waals surface area contributed by atoms with Gasteiger partial charge in [0.1, 0.15) is 5.75 Å². The Morgan fingerprint density at radius 3 is 2.30 bits per heavy atom. The van der Waals surface area contributed by atoms with Crippen molar-refractivity contribution in [3.8, 4) is 22.7 Å². The van der Waals surface area contributed by atoms with E-state index in [1.54, 1.807) is 7.11 Å². The largest absolute Gasteiger partial charge is 0.497 e. The first kappa shape index (κ1) is 19.2. The van der Waals surface area contributed by atoms with Crippen molar-refractivity contribution in [3.63, 3.8) is 0 Å². The van der Waals surface area contributed by atoms with Gasteiger partial charge in [-0.2, -0.15) is 5.10 Å². The fraction of sp³-hybridized carbons (Fsp3) is 0.348. The molecule has 2 aromatic carbocycles. The quantitative estimate of drug-likeness (QED) is 0.648. The molecule has 4 heteroatoms. The molecule has 0 saturated carbocycles. The average Bonchev–Trinajstić information content (AvgIpc) is 3.15. The van der Waals surface area contributed by atoms with E-state index in [0.717, 1.165) is 41.2 Å². The Bertz CT molecular complexity index is 882. The number of aliphatic hydroxyl groups is 1. The van der Waals surface area contributed by atoms with Gasteiger partial charge >= 0.3 is 0 Å². The Labute approximate surface area is 161 Å². The van der Waals surface area contributed by atoms with Crippen LogP contribution in [0.25, 0.3) is 16.9 Å². The molecule has 27 heavy (non-hydrogen) atoms. The molecule has 3 aromatic rings. The number of hydrogen-bond donors (Lipinski definition) is 1. The molecule has 3 rings (SSSR count). The van der Waals surface area contributed by atoms with E-state index in [1.165, 1.54) is 5.56 Å². The van der Waals surface area contributed by atoms with Gasteiger partial charge in [-0.25, -0.2) is 4.68 Å². The van der Waals surface area contributed by atoms with E-state index >= 15 is 0 Å². The highest BCUT2D eigenvalue weighted by molar-refractivity contribution is 5.63. The summed E-state index contributed by atoms with van der Waals surface area (Å²) in [6, 6.07) is 18.4. The molecular weight excluding hydrogens is 336 g/mol. The van der Waals surface area contributed by atoms with Crippen molar-refractivity contribution in [2.45, 2.75) is 39.0 Å². The molecule has 0 radical (unpaired) electrons. The zero-order valence-corrected chi connectivity index (χ0v) is 16.6. The molecule has 0 aliphatic carbocycles. The molecule has 0 aliphatic heterocycles.